The molecule has 1 aromatic carbocycles. The van der Waals surface area contributed by atoms with Gasteiger partial charge in [0.05, 0.1) is 16.8 Å². The minimum Gasteiger partial charge on any atom is -0.455 e. The molecule has 2 aromatic rings. The van der Waals surface area contributed by atoms with Gasteiger partial charge in [-0.1, -0.05) is 11.6 Å². The van der Waals surface area contributed by atoms with Crippen LogP contribution in [0.3, 0.4) is 0 Å². The SMILES string of the molecule is O=C(N/N=C\c1ccc(-c2ccc(Cl)c(C(F)(F)F)c2)o1)C(=O)NC1CC1. The number of benzene rings is 1. The number of rotatable bonds is 4. The first-order chi connectivity index (χ1) is 12.7. The highest BCUT2D eigenvalue weighted by atomic mass is 35.5. The molecule has 0 saturated heterocycles. The molecule has 1 aromatic heterocycles. The van der Waals surface area contributed by atoms with Crippen molar-refractivity contribution in [3.8, 4) is 11.3 Å². The van der Waals surface area contributed by atoms with Gasteiger partial charge in [-0.05, 0) is 43.2 Å². The van der Waals surface area contributed by atoms with Crippen molar-refractivity contribution < 1.29 is 27.2 Å². The van der Waals surface area contributed by atoms with Crippen LogP contribution >= 0.6 is 11.6 Å². The molecule has 0 atom stereocenters. The molecule has 2 N–H and O–H groups in total. The fourth-order valence-electron chi connectivity index (χ4n) is 2.16. The average molecular weight is 400 g/mol. The summed E-state index contributed by atoms with van der Waals surface area (Å²) < 4.78 is 44.2. The second-order valence-electron chi connectivity index (χ2n) is 5.84. The summed E-state index contributed by atoms with van der Waals surface area (Å²) in [6.45, 7) is 0. The molecule has 1 saturated carbocycles. The lowest BCUT2D eigenvalue weighted by Gasteiger charge is -2.09. The minimum atomic E-state index is -4.59. The summed E-state index contributed by atoms with van der Waals surface area (Å²) in [6.07, 6.45) is -1.77. The Hall–Kier alpha value is -2.81. The van der Waals surface area contributed by atoms with E-state index in [2.05, 4.69) is 10.4 Å². The number of alkyl halides is 3. The molecule has 10 heteroatoms. The van der Waals surface area contributed by atoms with Gasteiger partial charge in [-0.25, -0.2) is 5.43 Å². The maximum absolute atomic E-state index is 12.9. The molecule has 142 valence electrons. The number of nitrogens with zero attached hydrogens (tertiary/aromatic N) is 1. The predicted molar refractivity (Wildman–Crippen MR) is 91.1 cm³/mol. The highest BCUT2D eigenvalue weighted by Crippen LogP contribution is 2.37. The lowest BCUT2D eigenvalue weighted by molar-refractivity contribution is -0.139. The van der Waals surface area contributed by atoms with E-state index in [1.165, 1.54) is 18.2 Å². The number of nitrogens with one attached hydrogen (secondary N) is 2. The quantitative estimate of drug-likeness (QED) is 0.470. The zero-order valence-electron chi connectivity index (χ0n) is 13.6. The van der Waals surface area contributed by atoms with E-state index in [1.54, 1.807) is 0 Å². The van der Waals surface area contributed by atoms with Gasteiger partial charge in [-0.2, -0.15) is 18.3 Å². The minimum absolute atomic E-state index is 0.0424. The molecule has 0 bridgehead atoms. The predicted octanol–water partition coefficient (Wildman–Crippen LogP) is 3.35. The molecule has 0 spiro atoms. The summed E-state index contributed by atoms with van der Waals surface area (Å²) in [6, 6.07) is 6.35. The van der Waals surface area contributed by atoms with Crippen LogP contribution in [0.2, 0.25) is 5.02 Å². The number of hydrazone groups is 1. The normalized spacial score (nSPS) is 14.4. The van der Waals surface area contributed by atoms with Gasteiger partial charge in [0, 0.05) is 11.6 Å². The third kappa shape index (κ3) is 4.88. The van der Waals surface area contributed by atoms with Crippen molar-refractivity contribution in [3.05, 3.63) is 46.7 Å². The van der Waals surface area contributed by atoms with Crippen molar-refractivity contribution in [1.82, 2.24) is 10.7 Å². The summed E-state index contributed by atoms with van der Waals surface area (Å²) in [5.41, 5.74) is 1.25. The van der Waals surface area contributed by atoms with Crippen molar-refractivity contribution in [2.45, 2.75) is 25.1 Å². The van der Waals surface area contributed by atoms with Crippen LogP contribution in [0.1, 0.15) is 24.2 Å². The van der Waals surface area contributed by atoms with Gasteiger partial charge in [0.1, 0.15) is 11.5 Å². The Morgan fingerprint density at radius 3 is 2.59 bits per heavy atom. The molecular weight excluding hydrogens is 387 g/mol. The van der Waals surface area contributed by atoms with E-state index in [9.17, 15) is 22.8 Å². The first-order valence-electron chi connectivity index (χ1n) is 7.85. The van der Waals surface area contributed by atoms with E-state index in [-0.39, 0.29) is 23.1 Å². The molecule has 3 rings (SSSR count). The molecule has 6 nitrogen and oxygen atoms in total. The zero-order chi connectivity index (χ0) is 19.6. The largest absolute Gasteiger partial charge is 0.455 e. The molecule has 1 fully saturated rings. The van der Waals surface area contributed by atoms with E-state index in [4.69, 9.17) is 16.0 Å². The first kappa shape index (κ1) is 19.0. The smallest absolute Gasteiger partial charge is 0.417 e. The first-order valence-corrected chi connectivity index (χ1v) is 8.22. The van der Waals surface area contributed by atoms with Gasteiger partial charge in [0.25, 0.3) is 0 Å². The number of carbonyl (C=O) groups is 2. The van der Waals surface area contributed by atoms with Gasteiger partial charge in [-0.3, -0.25) is 9.59 Å². The van der Waals surface area contributed by atoms with Crippen molar-refractivity contribution >= 4 is 29.6 Å². The maximum Gasteiger partial charge on any atom is 0.417 e. The average Bonchev–Trinajstić information content (AvgIpc) is 3.29. The fourth-order valence-corrected chi connectivity index (χ4v) is 2.38. The third-order valence-corrected chi connectivity index (χ3v) is 3.99. The Morgan fingerprint density at radius 2 is 1.93 bits per heavy atom. The highest BCUT2D eigenvalue weighted by Gasteiger charge is 2.33. The summed E-state index contributed by atoms with van der Waals surface area (Å²) in [5.74, 6) is -1.36. The van der Waals surface area contributed by atoms with Gasteiger partial charge in [-0.15, -0.1) is 0 Å². The summed E-state index contributed by atoms with van der Waals surface area (Å²) >= 11 is 5.59. The molecule has 0 aliphatic heterocycles. The fraction of sp³-hybridized carbons (Fsp3) is 0.235. The Morgan fingerprint density at radius 1 is 1.19 bits per heavy atom. The lowest BCUT2D eigenvalue weighted by Crippen LogP contribution is -2.38. The Labute approximate surface area is 156 Å². The molecule has 0 unspecified atom stereocenters. The summed E-state index contributed by atoms with van der Waals surface area (Å²) in [4.78, 5) is 22.9. The van der Waals surface area contributed by atoms with Crippen LogP contribution in [0, 0.1) is 0 Å². The summed E-state index contributed by atoms with van der Waals surface area (Å²) in [5, 5.41) is 5.68. The summed E-state index contributed by atoms with van der Waals surface area (Å²) in [7, 11) is 0. The van der Waals surface area contributed by atoms with E-state index in [0.29, 0.717) is 0 Å². The Balaban J connectivity index is 1.66. The van der Waals surface area contributed by atoms with Crippen LogP contribution in [0.5, 0.6) is 0 Å². The van der Waals surface area contributed by atoms with Crippen LogP contribution in [-0.4, -0.2) is 24.1 Å². The lowest BCUT2D eigenvalue weighted by atomic mass is 10.1. The maximum atomic E-state index is 12.9. The van der Waals surface area contributed by atoms with Gasteiger partial charge in [0.2, 0.25) is 0 Å². The standard InChI is InChI=1S/C17H13ClF3N3O3/c18-13-5-1-9(7-12(13)17(19,20)21)14-6-4-11(27-14)8-22-24-16(26)15(25)23-10-2-3-10/h1,4-8,10H,2-3H2,(H,23,25)(H,24,26)/b22-8-. The van der Waals surface area contributed by atoms with Gasteiger partial charge < -0.3 is 9.73 Å². The van der Waals surface area contributed by atoms with E-state index < -0.39 is 28.6 Å². The zero-order valence-corrected chi connectivity index (χ0v) is 14.4. The molecule has 0 radical (unpaired) electrons. The van der Waals surface area contributed by atoms with Crippen molar-refractivity contribution in [3.63, 3.8) is 0 Å². The second-order valence-corrected chi connectivity index (χ2v) is 6.25. The third-order valence-electron chi connectivity index (χ3n) is 3.66. The van der Waals surface area contributed by atoms with E-state index >= 15 is 0 Å². The topological polar surface area (TPSA) is 83.7 Å². The number of carbonyl (C=O) groups excluding carboxylic acids is 2. The second kappa shape index (κ2) is 7.43. The van der Waals surface area contributed by atoms with Crippen molar-refractivity contribution in [2.24, 2.45) is 5.10 Å². The van der Waals surface area contributed by atoms with Crippen LogP contribution in [0.4, 0.5) is 13.2 Å². The monoisotopic (exact) mass is 399 g/mol. The highest BCUT2D eigenvalue weighted by molar-refractivity contribution is 6.35. The number of furan rings is 1. The van der Waals surface area contributed by atoms with E-state index in [0.717, 1.165) is 31.2 Å². The number of hydrogen-bond donors (Lipinski definition) is 2. The Kier molecular flexibility index (Phi) is 5.22. The molecular formula is C17H13ClF3N3O3. The Bertz CT molecular complexity index is 904. The molecule has 1 heterocycles. The van der Waals surface area contributed by atoms with E-state index in [1.807, 2.05) is 5.43 Å². The molecule has 1 aliphatic carbocycles. The number of halogens is 4. The van der Waals surface area contributed by atoms with Gasteiger partial charge in [0.15, 0.2) is 0 Å². The van der Waals surface area contributed by atoms with Crippen LogP contribution in [-0.2, 0) is 15.8 Å². The van der Waals surface area contributed by atoms with Gasteiger partial charge >= 0.3 is 18.0 Å². The van der Waals surface area contributed by atoms with Crippen LogP contribution < -0.4 is 10.7 Å². The molecule has 27 heavy (non-hydrogen) atoms. The molecule has 2 amide bonds. The van der Waals surface area contributed by atoms with Crippen LogP contribution in [0.15, 0.2) is 39.9 Å². The number of amides is 2. The van der Waals surface area contributed by atoms with Crippen LogP contribution in [0.25, 0.3) is 11.3 Å². The van der Waals surface area contributed by atoms with Crippen molar-refractivity contribution in [2.75, 3.05) is 0 Å². The number of hydrogen-bond acceptors (Lipinski definition) is 4. The van der Waals surface area contributed by atoms with Crippen molar-refractivity contribution in [1.29, 1.82) is 0 Å². The molecule has 1 aliphatic rings.